The highest BCUT2D eigenvalue weighted by molar-refractivity contribution is 7.26. The van der Waals surface area contributed by atoms with Gasteiger partial charge in [-0.1, -0.05) is 146 Å². The van der Waals surface area contributed by atoms with E-state index < -0.39 is 0 Å². The van der Waals surface area contributed by atoms with Gasteiger partial charge in [0.25, 0.3) is 0 Å². The SMILES string of the molecule is c1ccc(-c2ccccc2N(c2cccc3c2oc2c(-c4cccc5c4sc4ccccc45)c4c(cc23)oc2ccccc24)c2cccc3c2sc2ccccc23)cc1. The Morgan fingerprint density at radius 2 is 0.932 bits per heavy atom. The Morgan fingerprint density at radius 1 is 0.356 bits per heavy atom. The maximum atomic E-state index is 7.48. The molecule has 0 aliphatic rings. The normalized spacial score (nSPS) is 12.1. The molecular formula is C54H31NO2S2. The molecule has 0 spiro atoms. The van der Waals surface area contributed by atoms with E-state index in [1.54, 1.807) is 0 Å². The predicted octanol–water partition coefficient (Wildman–Crippen LogP) is 17.0. The van der Waals surface area contributed by atoms with Gasteiger partial charge in [0.2, 0.25) is 0 Å². The van der Waals surface area contributed by atoms with Gasteiger partial charge in [0, 0.05) is 73.9 Å². The summed E-state index contributed by atoms with van der Waals surface area (Å²) in [5.41, 5.74) is 11.0. The summed E-state index contributed by atoms with van der Waals surface area (Å²) in [7, 11) is 0. The lowest BCUT2D eigenvalue weighted by molar-refractivity contribution is 0.665. The first-order valence-corrected chi connectivity index (χ1v) is 21.5. The van der Waals surface area contributed by atoms with Gasteiger partial charge in [-0.25, -0.2) is 0 Å². The molecule has 3 nitrogen and oxygen atoms in total. The van der Waals surface area contributed by atoms with Gasteiger partial charge in [0.05, 0.1) is 21.8 Å². The van der Waals surface area contributed by atoms with Crippen LogP contribution in [0.2, 0.25) is 0 Å². The van der Waals surface area contributed by atoms with Crippen molar-refractivity contribution in [3.05, 3.63) is 188 Å². The lowest BCUT2D eigenvalue weighted by atomic mass is 9.95. The van der Waals surface area contributed by atoms with E-state index in [2.05, 4.69) is 187 Å². The molecule has 0 aliphatic carbocycles. The number of furan rings is 2. The molecule has 0 aliphatic heterocycles. The summed E-state index contributed by atoms with van der Waals surface area (Å²) >= 11 is 3.68. The highest BCUT2D eigenvalue weighted by Crippen LogP contribution is 2.53. The second-order valence-corrected chi connectivity index (χ2v) is 17.2. The Balaban J connectivity index is 1.16. The molecule has 13 aromatic rings. The highest BCUT2D eigenvalue weighted by Gasteiger charge is 2.27. The van der Waals surface area contributed by atoms with Crippen LogP contribution in [0.3, 0.4) is 0 Å². The van der Waals surface area contributed by atoms with Crippen molar-refractivity contribution in [3.8, 4) is 22.3 Å². The third kappa shape index (κ3) is 4.80. The van der Waals surface area contributed by atoms with Crippen molar-refractivity contribution in [1.82, 2.24) is 0 Å². The zero-order valence-corrected chi connectivity index (χ0v) is 33.1. The summed E-state index contributed by atoms with van der Waals surface area (Å²) < 4.78 is 19.2. The predicted molar refractivity (Wildman–Crippen MR) is 252 cm³/mol. The van der Waals surface area contributed by atoms with Crippen LogP contribution in [0.5, 0.6) is 0 Å². The average Bonchev–Trinajstić information content (AvgIpc) is 4.07. The van der Waals surface area contributed by atoms with Gasteiger partial charge in [-0.15, -0.1) is 22.7 Å². The summed E-state index contributed by atoms with van der Waals surface area (Å²) in [5.74, 6) is 0. The molecular weight excluding hydrogens is 759 g/mol. The maximum Gasteiger partial charge on any atom is 0.159 e. The number of nitrogens with zero attached hydrogens (tertiary/aromatic N) is 1. The van der Waals surface area contributed by atoms with Crippen LogP contribution in [0, 0.1) is 0 Å². The molecule has 9 aromatic carbocycles. The van der Waals surface area contributed by atoms with Gasteiger partial charge in [-0.05, 0) is 48.0 Å². The van der Waals surface area contributed by atoms with Crippen molar-refractivity contribution in [1.29, 1.82) is 0 Å². The molecule has 0 radical (unpaired) electrons. The van der Waals surface area contributed by atoms with E-state index in [0.29, 0.717) is 0 Å². The van der Waals surface area contributed by atoms with Gasteiger partial charge in [-0.3, -0.25) is 0 Å². The van der Waals surface area contributed by atoms with E-state index in [0.717, 1.165) is 83.2 Å². The van der Waals surface area contributed by atoms with Crippen LogP contribution >= 0.6 is 22.7 Å². The van der Waals surface area contributed by atoms with E-state index in [9.17, 15) is 0 Å². The number of fused-ring (bicyclic) bond motifs is 12. The number of para-hydroxylation sites is 3. The molecule has 0 amide bonds. The minimum atomic E-state index is 0.824. The van der Waals surface area contributed by atoms with E-state index in [-0.39, 0.29) is 0 Å². The summed E-state index contributed by atoms with van der Waals surface area (Å²) in [4.78, 5) is 2.43. The molecule has 276 valence electrons. The molecule has 0 bridgehead atoms. The molecule has 0 fully saturated rings. The third-order valence-electron chi connectivity index (χ3n) is 11.9. The number of anilines is 3. The largest absolute Gasteiger partial charge is 0.456 e. The highest BCUT2D eigenvalue weighted by atomic mass is 32.1. The summed E-state index contributed by atoms with van der Waals surface area (Å²) in [6.07, 6.45) is 0. The second kappa shape index (κ2) is 12.7. The number of hydrogen-bond acceptors (Lipinski definition) is 5. The Morgan fingerprint density at radius 3 is 1.75 bits per heavy atom. The summed E-state index contributed by atoms with van der Waals surface area (Å²) in [6, 6.07) is 67.4. The van der Waals surface area contributed by atoms with Crippen LogP contribution in [-0.4, -0.2) is 0 Å². The molecule has 5 heteroatoms. The number of rotatable bonds is 5. The Labute approximate surface area is 346 Å². The maximum absolute atomic E-state index is 7.48. The molecule has 4 aromatic heterocycles. The van der Waals surface area contributed by atoms with Crippen LogP contribution in [0.4, 0.5) is 17.1 Å². The van der Waals surface area contributed by atoms with E-state index in [1.807, 2.05) is 28.7 Å². The number of hydrogen-bond donors (Lipinski definition) is 0. The van der Waals surface area contributed by atoms with E-state index >= 15 is 0 Å². The fraction of sp³-hybridized carbons (Fsp3) is 0. The minimum absolute atomic E-state index is 0.824. The zero-order valence-electron chi connectivity index (χ0n) is 31.5. The lowest BCUT2D eigenvalue weighted by Crippen LogP contribution is -2.11. The van der Waals surface area contributed by atoms with Crippen molar-refractivity contribution >= 4 is 124 Å². The van der Waals surface area contributed by atoms with Crippen molar-refractivity contribution in [3.63, 3.8) is 0 Å². The fourth-order valence-corrected chi connectivity index (χ4v) is 11.8. The Hall–Kier alpha value is -7.18. The van der Waals surface area contributed by atoms with E-state index in [1.165, 1.54) is 40.3 Å². The topological polar surface area (TPSA) is 29.5 Å². The van der Waals surface area contributed by atoms with E-state index in [4.69, 9.17) is 8.83 Å². The van der Waals surface area contributed by atoms with Gasteiger partial charge in [-0.2, -0.15) is 0 Å². The molecule has 0 N–H and O–H groups in total. The summed E-state index contributed by atoms with van der Waals surface area (Å²) in [6.45, 7) is 0. The van der Waals surface area contributed by atoms with Crippen LogP contribution in [0.25, 0.3) is 106 Å². The van der Waals surface area contributed by atoms with Gasteiger partial charge in [0.1, 0.15) is 16.7 Å². The fourth-order valence-electron chi connectivity index (χ4n) is 9.33. The quantitative estimate of drug-likeness (QED) is 0.174. The first kappa shape index (κ1) is 32.9. The monoisotopic (exact) mass is 789 g/mol. The molecule has 0 saturated heterocycles. The van der Waals surface area contributed by atoms with Gasteiger partial charge in [0.15, 0.2) is 5.58 Å². The van der Waals surface area contributed by atoms with Crippen LogP contribution < -0.4 is 4.90 Å². The number of thiophene rings is 2. The molecule has 59 heavy (non-hydrogen) atoms. The molecule has 4 heterocycles. The minimum Gasteiger partial charge on any atom is -0.456 e. The molecule has 13 rings (SSSR count). The zero-order chi connectivity index (χ0) is 38.6. The van der Waals surface area contributed by atoms with Crippen LogP contribution in [0.1, 0.15) is 0 Å². The van der Waals surface area contributed by atoms with Gasteiger partial charge >= 0.3 is 0 Å². The first-order chi connectivity index (χ1) is 29.3. The van der Waals surface area contributed by atoms with Crippen molar-refractivity contribution < 1.29 is 8.83 Å². The second-order valence-electron chi connectivity index (χ2n) is 15.1. The van der Waals surface area contributed by atoms with Crippen molar-refractivity contribution in [2.75, 3.05) is 4.90 Å². The number of benzene rings is 9. The molecule has 0 atom stereocenters. The van der Waals surface area contributed by atoms with Crippen molar-refractivity contribution in [2.45, 2.75) is 0 Å². The standard InChI is InChI=1S/C54H31NO2S2/c1-2-15-32(16-3-1)33-17-4-8-25-42(33)55(44-27-14-23-38-35-19-7-11-30-48(35)59-54(38)44)43-26-13-21-36-41-31-46-49(39-20-5-9-28-45(39)56-46)50(52(41)57-51(36)43)40-24-12-22-37-34-18-6-10-29-47(34)58-53(37)40/h1-31H. The van der Waals surface area contributed by atoms with Crippen molar-refractivity contribution in [2.24, 2.45) is 0 Å². The Kier molecular flexibility index (Phi) is 7.05. The average molecular weight is 790 g/mol. The molecule has 0 unspecified atom stereocenters. The lowest BCUT2D eigenvalue weighted by Gasteiger charge is -2.28. The van der Waals surface area contributed by atoms with Gasteiger partial charge < -0.3 is 13.7 Å². The Bertz CT molecular complexity index is 3810. The smallest absolute Gasteiger partial charge is 0.159 e. The van der Waals surface area contributed by atoms with Crippen LogP contribution in [-0.2, 0) is 0 Å². The first-order valence-electron chi connectivity index (χ1n) is 19.8. The summed E-state index contributed by atoms with van der Waals surface area (Å²) in [5, 5.41) is 9.24. The van der Waals surface area contributed by atoms with Crippen LogP contribution in [0.15, 0.2) is 197 Å². The molecule has 0 saturated carbocycles. The third-order valence-corrected chi connectivity index (χ3v) is 14.3.